The van der Waals surface area contributed by atoms with Crippen LogP contribution in [-0.2, 0) is 5.41 Å². The molecule has 2 rings (SSSR count). The minimum atomic E-state index is -0.120. The first-order valence-corrected chi connectivity index (χ1v) is 9.03. The van der Waals surface area contributed by atoms with E-state index in [-0.39, 0.29) is 5.41 Å². The maximum atomic E-state index is 8.68. The van der Waals surface area contributed by atoms with Crippen molar-refractivity contribution < 1.29 is 9.47 Å². The molecule has 0 spiro atoms. The fraction of sp³-hybridized carbons (Fsp3) is 0.364. The Labute approximate surface area is 155 Å². The van der Waals surface area contributed by atoms with E-state index >= 15 is 0 Å². The van der Waals surface area contributed by atoms with Crippen LogP contribution in [0.4, 0.5) is 0 Å². The molecule has 0 heterocycles. The Morgan fingerprint density at radius 3 is 1.58 bits per heavy atom. The standard InChI is InChI=1S/C22H24N2O2/c1-3-5-6-15-22(4-2,18-7-11-20(12-8-18)25-16-23)19-9-13-21(14-10-19)26-17-24/h7-14H,3-6,15H2,1-2H3. The van der Waals surface area contributed by atoms with Crippen LogP contribution in [0.5, 0.6) is 11.5 Å². The Kier molecular flexibility index (Phi) is 7.06. The first-order valence-electron chi connectivity index (χ1n) is 9.03. The van der Waals surface area contributed by atoms with Crippen LogP contribution in [-0.4, -0.2) is 0 Å². The van der Waals surface area contributed by atoms with Crippen LogP contribution in [0, 0.1) is 23.0 Å². The predicted octanol–water partition coefficient (Wildman–Crippen LogP) is 5.68. The molecule has 0 unspecified atom stereocenters. The first kappa shape index (κ1) is 19.3. The summed E-state index contributed by atoms with van der Waals surface area (Å²) in [6, 6.07) is 15.5. The molecule has 0 atom stereocenters. The van der Waals surface area contributed by atoms with Crippen LogP contribution in [0.25, 0.3) is 0 Å². The largest absolute Gasteiger partial charge is 0.388 e. The SMILES string of the molecule is CCCCCC(CC)(c1ccc(OC#N)cc1)c1ccc(OC#N)cc1. The Balaban J connectivity index is 2.43. The molecule has 0 amide bonds. The van der Waals surface area contributed by atoms with Crippen molar-refractivity contribution in [2.75, 3.05) is 0 Å². The van der Waals surface area contributed by atoms with Crippen LogP contribution in [0.15, 0.2) is 48.5 Å². The lowest BCUT2D eigenvalue weighted by Crippen LogP contribution is -2.27. The van der Waals surface area contributed by atoms with Crippen molar-refractivity contribution in [3.63, 3.8) is 0 Å². The Hall–Kier alpha value is -2.98. The van der Waals surface area contributed by atoms with Gasteiger partial charge in [0.05, 0.1) is 0 Å². The highest BCUT2D eigenvalue weighted by Gasteiger charge is 2.32. The van der Waals surface area contributed by atoms with Gasteiger partial charge in [0.15, 0.2) is 0 Å². The molecule has 0 saturated heterocycles. The molecule has 2 aromatic rings. The van der Waals surface area contributed by atoms with E-state index < -0.39 is 0 Å². The highest BCUT2D eigenvalue weighted by atomic mass is 16.5. The van der Waals surface area contributed by atoms with Crippen LogP contribution in [0.1, 0.15) is 57.1 Å². The van der Waals surface area contributed by atoms with Gasteiger partial charge in [-0.2, -0.15) is 0 Å². The molecule has 0 aliphatic heterocycles. The summed E-state index contributed by atoms with van der Waals surface area (Å²) in [6.45, 7) is 4.40. The second-order valence-electron chi connectivity index (χ2n) is 6.33. The Morgan fingerprint density at radius 1 is 0.769 bits per heavy atom. The number of unbranched alkanes of at least 4 members (excludes halogenated alkanes) is 2. The molecule has 0 aromatic heterocycles. The average Bonchev–Trinajstić information content (AvgIpc) is 2.68. The third kappa shape index (κ3) is 4.35. The molecule has 4 nitrogen and oxygen atoms in total. The zero-order valence-corrected chi connectivity index (χ0v) is 15.4. The summed E-state index contributed by atoms with van der Waals surface area (Å²) in [5.41, 5.74) is 2.29. The van der Waals surface area contributed by atoms with E-state index in [1.165, 1.54) is 24.0 Å². The lowest BCUT2D eigenvalue weighted by atomic mass is 9.69. The summed E-state index contributed by atoms with van der Waals surface area (Å²) < 4.78 is 9.82. The molecule has 0 saturated carbocycles. The lowest BCUT2D eigenvalue weighted by Gasteiger charge is -2.34. The zero-order valence-electron chi connectivity index (χ0n) is 15.4. The third-order valence-corrected chi connectivity index (χ3v) is 4.95. The molecule has 4 heteroatoms. The fourth-order valence-corrected chi connectivity index (χ4v) is 3.51. The maximum Gasteiger partial charge on any atom is 0.292 e. The molecule has 0 aliphatic carbocycles. The van der Waals surface area contributed by atoms with Crippen molar-refractivity contribution in [2.45, 2.75) is 51.4 Å². The van der Waals surface area contributed by atoms with E-state index in [0.29, 0.717) is 11.5 Å². The minimum Gasteiger partial charge on any atom is -0.388 e. The first-order chi connectivity index (χ1) is 12.7. The van der Waals surface area contributed by atoms with Crippen molar-refractivity contribution in [2.24, 2.45) is 0 Å². The highest BCUT2D eigenvalue weighted by Crippen LogP contribution is 2.41. The van der Waals surface area contributed by atoms with Crippen LogP contribution in [0.2, 0.25) is 0 Å². The van der Waals surface area contributed by atoms with Gasteiger partial charge in [-0.15, -0.1) is 10.5 Å². The molecule has 0 radical (unpaired) electrons. The van der Waals surface area contributed by atoms with Gasteiger partial charge in [-0.1, -0.05) is 57.4 Å². The summed E-state index contributed by atoms with van der Waals surface area (Å²) in [5, 5.41) is 17.4. The number of nitrogens with zero attached hydrogens (tertiary/aromatic N) is 2. The normalized spacial score (nSPS) is 10.6. The van der Waals surface area contributed by atoms with Gasteiger partial charge in [0.2, 0.25) is 0 Å². The van der Waals surface area contributed by atoms with Gasteiger partial charge in [-0.3, -0.25) is 0 Å². The lowest BCUT2D eigenvalue weighted by molar-refractivity contribution is 0.429. The Bertz CT molecular complexity index is 708. The number of nitriles is 2. The van der Waals surface area contributed by atoms with Crippen LogP contribution >= 0.6 is 0 Å². The van der Waals surface area contributed by atoms with Crippen LogP contribution in [0.3, 0.4) is 0 Å². The van der Waals surface area contributed by atoms with Gasteiger partial charge < -0.3 is 9.47 Å². The molecule has 26 heavy (non-hydrogen) atoms. The number of hydrogen-bond acceptors (Lipinski definition) is 4. The second-order valence-corrected chi connectivity index (χ2v) is 6.33. The topological polar surface area (TPSA) is 66.0 Å². The summed E-state index contributed by atoms with van der Waals surface area (Å²) in [7, 11) is 0. The van der Waals surface area contributed by atoms with Crippen molar-refractivity contribution in [3.05, 3.63) is 59.7 Å². The molecular formula is C22H24N2O2. The van der Waals surface area contributed by atoms with Gasteiger partial charge in [-0.25, -0.2) is 0 Å². The van der Waals surface area contributed by atoms with Crippen molar-refractivity contribution >= 4 is 0 Å². The number of benzene rings is 2. The molecule has 2 aromatic carbocycles. The average molecular weight is 348 g/mol. The molecule has 0 aliphatic rings. The summed E-state index contributed by atoms with van der Waals surface area (Å²) in [4.78, 5) is 0. The van der Waals surface area contributed by atoms with Gasteiger partial charge in [0, 0.05) is 5.41 Å². The monoisotopic (exact) mass is 348 g/mol. The molecule has 134 valence electrons. The van der Waals surface area contributed by atoms with Gasteiger partial charge in [0.25, 0.3) is 12.5 Å². The van der Waals surface area contributed by atoms with Gasteiger partial charge in [0.1, 0.15) is 11.5 Å². The van der Waals surface area contributed by atoms with Crippen molar-refractivity contribution in [1.29, 1.82) is 10.5 Å². The Morgan fingerprint density at radius 2 is 1.23 bits per heavy atom. The molecular weight excluding hydrogens is 324 g/mol. The fourth-order valence-electron chi connectivity index (χ4n) is 3.51. The van der Waals surface area contributed by atoms with E-state index in [4.69, 9.17) is 20.0 Å². The van der Waals surface area contributed by atoms with Gasteiger partial charge >= 0.3 is 0 Å². The quantitative estimate of drug-likeness (QED) is 0.432. The van der Waals surface area contributed by atoms with Crippen LogP contribution < -0.4 is 9.47 Å². The summed E-state index contributed by atoms with van der Waals surface area (Å²) >= 11 is 0. The zero-order chi connectivity index (χ0) is 18.8. The number of ether oxygens (including phenoxy) is 2. The van der Waals surface area contributed by atoms with E-state index in [1.807, 2.05) is 48.5 Å². The van der Waals surface area contributed by atoms with Crippen molar-refractivity contribution in [3.8, 4) is 24.0 Å². The summed E-state index contributed by atoms with van der Waals surface area (Å²) in [6.07, 6.45) is 8.90. The number of rotatable bonds is 9. The van der Waals surface area contributed by atoms with E-state index in [1.54, 1.807) is 12.5 Å². The predicted molar refractivity (Wildman–Crippen MR) is 101 cm³/mol. The minimum absolute atomic E-state index is 0.120. The van der Waals surface area contributed by atoms with E-state index in [2.05, 4.69) is 13.8 Å². The summed E-state index contributed by atoms with van der Waals surface area (Å²) in [5.74, 6) is 1.10. The molecule has 0 fully saturated rings. The third-order valence-electron chi connectivity index (χ3n) is 4.95. The highest BCUT2D eigenvalue weighted by molar-refractivity contribution is 5.43. The van der Waals surface area contributed by atoms with Crippen molar-refractivity contribution in [1.82, 2.24) is 0 Å². The molecule has 0 bridgehead atoms. The molecule has 0 N–H and O–H groups in total. The second kappa shape index (κ2) is 9.49. The van der Waals surface area contributed by atoms with Gasteiger partial charge in [-0.05, 0) is 48.2 Å². The van der Waals surface area contributed by atoms with E-state index in [0.717, 1.165) is 19.3 Å². The maximum absolute atomic E-state index is 8.68. The van der Waals surface area contributed by atoms with E-state index in [9.17, 15) is 0 Å². The smallest absolute Gasteiger partial charge is 0.292 e. The number of hydrogen-bond donors (Lipinski definition) is 0.